The van der Waals surface area contributed by atoms with Crippen molar-refractivity contribution in [2.75, 3.05) is 39.3 Å². The minimum Gasteiger partial charge on any atom is -0.355 e. The fraction of sp³-hybridized carbons (Fsp3) is 0.667. The number of carbonyl (C=O) groups is 1. The van der Waals surface area contributed by atoms with Gasteiger partial charge in [0.25, 0.3) is 0 Å². The van der Waals surface area contributed by atoms with E-state index >= 15 is 0 Å². The van der Waals surface area contributed by atoms with Gasteiger partial charge in [0.2, 0.25) is 15.9 Å². The first kappa shape index (κ1) is 22.2. The second kappa shape index (κ2) is 10.5. The quantitative estimate of drug-likeness (QED) is 0.695. The maximum Gasteiger partial charge on any atom is 0.245 e. The van der Waals surface area contributed by atoms with Gasteiger partial charge in [-0.3, -0.25) is 4.79 Å². The van der Waals surface area contributed by atoms with E-state index in [9.17, 15) is 17.6 Å². The summed E-state index contributed by atoms with van der Waals surface area (Å²) >= 11 is 0. The van der Waals surface area contributed by atoms with Gasteiger partial charge in [-0.15, -0.1) is 0 Å². The first-order valence-electron chi connectivity index (χ1n) is 10.7. The molecule has 2 aliphatic heterocycles. The van der Waals surface area contributed by atoms with Gasteiger partial charge < -0.3 is 10.2 Å². The number of halogens is 1. The van der Waals surface area contributed by atoms with Crippen LogP contribution < -0.4 is 5.32 Å². The molecule has 1 aromatic rings. The van der Waals surface area contributed by atoms with Gasteiger partial charge in [0.1, 0.15) is 10.7 Å². The number of likely N-dealkylation sites (tertiary alicyclic amines) is 1. The normalized spacial score (nSPS) is 19.9. The zero-order valence-corrected chi connectivity index (χ0v) is 17.8. The largest absolute Gasteiger partial charge is 0.355 e. The molecule has 0 unspecified atom stereocenters. The van der Waals surface area contributed by atoms with Crippen molar-refractivity contribution < 1.29 is 17.6 Å². The lowest BCUT2D eigenvalue weighted by Crippen LogP contribution is -2.39. The molecule has 1 aromatic carbocycles. The summed E-state index contributed by atoms with van der Waals surface area (Å²) in [4.78, 5) is 14.2. The van der Waals surface area contributed by atoms with Crippen LogP contribution in [0.2, 0.25) is 0 Å². The number of hydrogen-bond acceptors (Lipinski definition) is 4. The highest BCUT2D eigenvalue weighted by Crippen LogP contribution is 2.27. The molecule has 162 valence electrons. The van der Waals surface area contributed by atoms with Crippen LogP contribution >= 0.6 is 0 Å². The number of amides is 1. The van der Waals surface area contributed by atoms with Crippen LogP contribution in [0.15, 0.2) is 29.2 Å². The molecule has 2 fully saturated rings. The molecule has 0 spiro atoms. The molecule has 2 saturated heterocycles. The molecule has 0 radical (unpaired) electrons. The average molecular weight is 426 g/mol. The van der Waals surface area contributed by atoms with E-state index < -0.39 is 15.8 Å². The molecule has 3 rings (SSSR count). The molecule has 1 N–H and O–H groups in total. The predicted molar refractivity (Wildman–Crippen MR) is 110 cm³/mol. The van der Waals surface area contributed by atoms with Gasteiger partial charge in [0.15, 0.2) is 0 Å². The lowest BCUT2D eigenvalue weighted by molar-refractivity contribution is -0.121. The van der Waals surface area contributed by atoms with Gasteiger partial charge in [-0.25, -0.2) is 12.8 Å². The van der Waals surface area contributed by atoms with Crippen molar-refractivity contribution in [2.45, 2.75) is 49.8 Å². The Hall–Kier alpha value is -1.51. The third-order valence-electron chi connectivity index (χ3n) is 6.01. The number of rotatable bonds is 8. The lowest BCUT2D eigenvalue weighted by atomic mass is 9.93. The molecular weight excluding hydrogens is 393 g/mol. The maximum absolute atomic E-state index is 13.9. The molecule has 0 aliphatic carbocycles. The Labute approximate surface area is 173 Å². The Morgan fingerprint density at radius 2 is 1.76 bits per heavy atom. The monoisotopic (exact) mass is 425 g/mol. The number of sulfonamides is 1. The van der Waals surface area contributed by atoms with E-state index in [1.807, 2.05) is 0 Å². The zero-order chi connectivity index (χ0) is 20.7. The van der Waals surface area contributed by atoms with Crippen LogP contribution in [0.5, 0.6) is 0 Å². The molecule has 0 atom stereocenters. The van der Waals surface area contributed by atoms with Crippen LogP contribution in [0, 0.1) is 11.7 Å². The summed E-state index contributed by atoms with van der Waals surface area (Å²) in [6.45, 7) is 4.61. The van der Waals surface area contributed by atoms with E-state index in [1.165, 1.54) is 47.8 Å². The molecular formula is C21H32FN3O3S. The third kappa shape index (κ3) is 6.23. The topological polar surface area (TPSA) is 69.7 Å². The van der Waals surface area contributed by atoms with E-state index in [0.29, 0.717) is 44.8 Å². The van der Waals surface area contributed by atoms with Gasteiger partial charge in [-0.1, -0.05) is 18.6 Å². The Morgan fingerprint density at radius 3 is 2.45 bits per heavy atom. The van der Waals surface area contributed by atoms with Gasteiger partial charge in [0.05, 0.1) is 0 Å². The van der Waals surface area contributed by atoms with E-state index in [0.717, 1.165) is 26.1 Å². The summed E-state index contributed by atoms with van der Waals surface area (Å²) < 4.78 is 40.6. The van der Waals surface area contributed by atoms with Crippen LogP contribution in [0.25, 0.3) is 0 Å². The Bertz CT molecular complexity index is 773. The van der Waals surface area contributed by atoms with Crippen molar-refractivity contribution in [3.63, 3.8) is 0 Å². The second-order valence-corrected chi connectivity index (χ2v) is 9.98. The average Bonchev–Trinajstić information content (AvgIpc) is 2.73. The molecule has 1 amide bonds. The minimum absolute atomic E-state index is 0.0726. The van der Waals surface area contributed by atoms with E-state index in [4.69, 9.17) is 0 Å². The molecule has 8 heteroatoms. The van der Waals surface area contributed by atoms with Crippen LogP contribution in [0.1, 0.15) is 44.9 Å². The fourth-order valence-corrected chi connectivity index (χ4v) is 5.73. The van der Waals surface area contributed by atoms with E-state index in [-0.39, 0.29) is 10.8 Å². The standard InChI is InChI=1S/C21H32FN3O3S/c22-19-6-2-3-7-20(19)29(27,28)25-15-10-18(11-16-25)8-9-21(26)23-12-17-24-13-4-1-5-14-24/h2-3,6-7,18H,1,4-5,8-17H2,(H,23,26). The molecule has 29 heavy (non-hydrogen) atoms. The number of benzene rings is 1. The summed E-state index contributed by atoms with van der Waals surface area (Å²) in [6.07, 6.45) is 6.46. The highest BCUT2D eigenvalue weighted by Gasteiger charge is 2.31. The lowest BCUT2D eigenvalue weighted by Gasteiger charge is -2.31. The Kier molecular flexibility index (Phi) is 8.03. The molecule has 0 bridgehead atoms. The Balaban J connectivity index is 1.36. The highest BCUT2D eigenvalue weighted by molar-refractivity contribution is 7.89. The van der Waals surface area contributed by atoms with Gasteiger partial charge in [-0.05, 0) is 63.2 Å². The van der Waals surface area contributed by atoms with E-state index in [2.05, 4.69) is 10.2 Å². The number of piperidine rings is 2. The summed E-state index contributed by atoms with van der Waals surface area (Å²) in [7, 11) is -3.80. The zero-order valence-electron chi connectivity index (χ0n) is 17.0. The minimum atomic E-state index is -3.80. The molecule has 0 saturated carbocycles. The highest BCUT2D eigenvalue weighted by atomic mass is 32.2. The number of hydrogen-bond donors (Lipinski definition) is 1. The maximum atomic E-state index is 13.9. The fourth-order valence-electron chi connectivity index (χ4n) is 4.19. The van der Waals surface area contributed by atoms with Crippen molar-refractivity contribution in [3.8, 4) is 0 Å². The van der Waals surface area contributed by atoms with Crippen LogP contribution in [0.3, 0.4) is 0 Å². The van der Waals surface area contributed by atoms with E-state index in [1.54, 1.807) is 0 Å². The Morgan fingerprint density at radius 1 is 1.07 bits per heavy atom. The first-order chi connectivity index (χ1) is 14.0. The number of nitrogens with one attached hydrogen (secondary N) is 1. The van der Waals surface area contributed by atoms with Gasteiger partial charge in [0, 0.05) is 32.6 Å². The smallest absolute Gasteiger partial charge is 0.245 e. The second-order valence-electron chi connectivity index (χ2n) is 8.07. The number of carbonyl (C=O) groups excluding carboxylic acids is 1. The molecule has 2 heterocycles. The van der Waals surface area contributed by atoms with Crippen molar-refractivity contribution in [1.29, 1.82) is 0 Å². The van der Waals surface area contributed by atoms with Crippen LogP contribution in [-0.2, 0) is 14.8 Å². The summed E-state index contributed by atoms with van der Waals surface area (Å²) in [5, 5.41) is 3.00. The first-order valence-corrected chi connectivity index (χ1v) is 12.1. The molecule has 2 aliphatic rings. The third-order valence-corrected chi connectivity index (χ3v) is 7.94. The SMILES string of the molecule is O=C(CCC1CCN(S(=O)(=O)c2ccccc2F)CC1)NCCN1CCCCC1. The van der Waals surface area contributed by atoms with Crippen molar-refractivity contribution >= 4 is 15.9 Å². The van der Waals surface area contributed by atoms with Crippen molar-refractivity contribution in [1.82, 2.24) is 14.5 Å². The summed E-state index contributed by atoms with van der Waals surface area (Å²) in [5.74, 6) is -0.311. The van der Waals surface area contributed by atoms with Gasteiger partial charge >= 0.3 is 0 Å². The summed E-state index contributed by atoms with van der Waals surface area (Å²) in [5.41, 5.74) is 0. The predicted octanol–water partition coefficient (Wildman–Crippen LogP) is 2.61. The van der Waals surface area contributed by atoms with Crippen LogP contribution in [-0.4, -0.2) is 62.8 Å². The van der Waals surface area contributed by atoms with Crippen molar-refractivity contribution in [3.05, 3.63) is 30.1 Å². The van der Waals surface area contributed by atoms with Crippen molar-refractivity contribution in [2.24, 2.45) is 5.92 Å². The van der Waals surface area contributed by atoms with Gasteiger partial charge in [-0.2, -0.15) is 4.31 Å². The van der Waals surface area contributed by atoms with Crippen LogP contribution in [0.4, 0.5) is 4.39 Å². The molecule has 6 nitrogen and oxygen atoms in total. The molecule has 0 aromatic heterocycles. The summed E-state index contributed by atoms with van der Waals surface area (Å²) in [6, 6.07) is 5.50. The number of nitrogens with zero attached hydrogens (tertiary/aromatic N) is 2.